The van der Waals surface area contributed by atoms with Gasteiger partial charge in [-0.25, -0.2) is 0 Å². The molecule has 0 aromatic heterocycles. The van der Waals surface area contributed by atoms with E-state index < -0.39 is 0 Å². The Morgan fingerprint density at radius 1 is 1.05 bits per heavy atom. The third-order valence-corrected chi connectivity index (χ3v) is 4.71. The molecule has 2 nitrogen and oxygen atoms in total. The zero-order valence-corrected chi connectivity index (χ0v) is 11.9. The van der Waals surface area contributed by atoms with Crippen molar-refractivity contribution < 1.29 is 0 Å². The van der Waals surface area contributed by atoms with Gasteiger partial charge in [-0.05, 0) is 50.3 Å². The van der Waals surface area contributed by atoms with E-state index in [2.05, 4.69) is 40.5 Å². The summed E-state index contributed by atoms with van der Waals surface area (Å²) in [6.07, 6.45) is 6.98. The lowest BCUT2D eigenvalue weighted by Gasteiger charge is -2.39. The quantitative estimate of drug-likeness (QED) is 0.896. The summed E-state index contributed by atoms with van der Waals surface area (Å²) in [5.74, 6) is 0.873. The standard InChI is InChI=1S/C17H26N2/c1-2-7-15(8-3-1)13-19-12-6-9-16(14-19)17-10-4-5-11-18-17/h1-3,7-8,16-18H,4-6,9-14H2. The van der Waals surface area contributed by atoms with Gasteiger partial charge in [-0.1, -0.05) is 36.8 Å². The largest absolute Gasteiger partial charge is 0.314 e. The van der Waals surface area contributed by atoms with Crippen LogP contribution < -0.4 is 5.32 Å². The van der Waals surface area contributed by atoms with E-state index in [1.807, 2.05) is 0 Å². The summed E-state index contributed by atoms with van der Waals surface area (Å²) >= 11 is 0. The monoisotopic (exact) mass is 258 g/mol. The second-order valence-corrected chi connectivity index (χ2v) is 6.18. The lowest BCUT2D eigenvalue weighted by atomic mass is 9.86. The Morgan fingerprint density at radius 3 is 2.74 bits per heavy atom. The van der Waals surface area contributed by atoms with Crippen LogP contribution in [0.25, 0.3) is 0 Å². The van der Waals surface area contributed by atoms with Crippen LogP contribution in [0.2, 0.25) is 0 Å². The lowest BCUT2D eigenvalue weighted by molar-refractivity contribution is 0.130. The van der Waals surface area contributed by atoms with Crippen LogP contribution in [0.15, 0.2) is 30.3 Å². The summed E-state index contributed by atoms with van der Waals surface area (Å²) in [5, 5.41) is 3.75. The SMILES string of the molecule is c1ccc(CN2CCCC(C3CCCCN3)C2)cc1. The molecule has 0 amide bonds. The molecule has 2 unspecified atom stereocenters. The van der Waals surface area contributed by atoms with Gasteiger partial charge in [0, 0.05) is 19.1 Å². The van der Waals surface area contributed by atoms with Crippen LogP contribution >= 0.6 is 0 Å². The molecule has 0 spiro atoms. The fourth-order valence-electron chi connectivity index (χ4n) is 3.69. The highest BCUT2D eigenvalue weighted by Crippen LogP contribution is 2.25. The molecule has 2 heteroatoms. The zero-order valence-electron chi connectivity index (χ0n) is 11.9. The number of nitrogens with zero attached hydrogens (tertiary/aromatic N) is 1. The van der Waals surface area contributed by atoms with Gasteiger partial charge in [-0.15, -0.1) is 0 Å². The average molecular weight is 258 g/mol. The Bertz CT molecular complexity index is 370. The van der Waals surface area contributed by atoms with E-state index in [1.54, 1.807) is 0 Å². The van der Waals surface area contributed by atoms with Crippen molar-refractivity contribution in [2.24, 2.45) is 5.92 Å². The van der Waals surface area contributed by atoms with Crippen LogP contribution in [0.5, 0.6) is 0 Å². The molecule has 1 N–H and O–H groups in total. The summed E-state index contributed by atoms with van der Waals surface area (Å²) in [4.78, 5) is 2.65. The molecule has 104 valence electrons. The molecule has 2 fully saturated rings. The number of likely N-dealkylation sites (tertiary alicyclic amines) is 1. The highest BCUT2D eigenvalue weighted by atomic mass is 15.1. The van der Waals surface area contributed by atoms with Crippen LogP contribution in [-0.2, 0) is 6.54 Å². The first-order valence-electron chi connectivity index (χ1n) is 7.91. The molecular weight excluding hydrogens is 232 g/mol. The topological polar surface area (TPSA) is 15.3 Å². The lowest BCUT2D eigenvalue weighted by Crippen LogP contribution is -2.47. The molecule has 2 saturated heterocycles. The van der Waals surface area contributed by atoms with Gasteiger partial charge >= 0.3 is 0 Å². The van der Waals surface area contributed by atoms with E-state index >= 15 is 0 Å². The van der Waals surface area contributed by atoms with E-state index in [0.717, 1.165) is 18.5 Å². The van der Waals surface area contributed by atoms with E-state index in [1.165, 1.54) is 57.3 Å². The van der Waals surface area contributed by atoms with Gasteiger partial charge in [-0.2, -0.15) is 0 Å². The molecule has 0 bridgehead atoms. The molecule has 0 saturated carbocycles. The molecule has 2 heterocycles. The number of piperidine rings is 2. The minimum absolute atomic E-state index is 0.785. The number of benzene rings is 1. The summed E-state index contributed by atoms with van der Waals surface area (Å²) < 4.78 is 0. The zero-order chi connectivity index (χ0) is 12.9. The molecule has 1 aromatic carbocycles. The van der Waals surface area contributed by atoms with E-state index in [4.69, 9.17) is 0 Å². The number of nitrogens with one attached hydrogen (secondary N) is 1. The van der Waals surface area contributed by atoms with Crippen LogP contribution in [0.4, 0.5) is 0 Å². The molecule has 3 rings (SSSR count). The van der Waals surface area contributed by atoms with Crippen LogP contribution in [0.1, 0.15) is 37.7 Å². The first-order valence-corrected chi connectivity index (χ1v) is 7.91. The minimum Gasteiger partial charge on any atom is -0.314 e. The third-order valence-electron chi connectivity index (χ3n) is 4.71. The molecule has 2 aliphatic rings. The second-order valence-electron chi connectivity index (χ2n) is 6.18. The van der Waals surface area contributed by atoms with Crippen LogP contribution in [0, 0.1) is 5.92 Å². The highest BCUT2D eigenvalue weighted by molar-refractivity contribution is 5.14. The Labute approximate surface area is 117 Å². The molecular formula is C17H26N2. The normalized spacial score (nSPS) is 29.3. The van der Waals surface area contributed by atoms with Gasteiger partial charge in [0.25, 0.3) is 0 Å². The van der Waals surface area contributed by atoms with Gasteiger partial charge in [-0.3, -0.25) is 4.90 Å². The summed E-state index contributed by atoms with van der Waals surface area (Å²) in [6, 6.07) is 11.7. The Hall–Kier alpha value is -0.860. The summed E-state index contributed by atoms with van der Waals surface area (Å²) in [7, 11) is 0. The third kappa shape index (κ3) is 3.58. The average Bonchev–Trinajstić information content (AvgIpc) is 2.49. The van der Waals surface area contributed by atoms with Gasteiger partial charge in [0.15, 0.2) is 0 Å². The van der Waals surface area contributed by atoms with Crippen LogP contribution in [0.3, 0.4) is 0 Å². The number of rotatable bonds is 3. The predicted octanol–water partition coefficient (Wildman–Crippen LogP) is 3.04. The number of hydrogen-bond acceptors (Lipinski definition) is 2. The highest BCUT2D eigenvalue weighted by Gasteiger charge is 2.27. The fourth-order valence-corrected chi connectivity index (χ4v) is 3.69. The molecule has 0 radical (unpaired) electrons. The summed E-state index contributed by atoms with van der Waals surface area (Å²) in [5.41, 5.74) is 1.46. The van der Waals surface area contributed by atoms with Crippen LogP contribution in [-0.4, -0.2) is 30.6 Å². The van der Waals surface area contributed by atoms with Crippen molar-refractivity contribution in [1.29, 1.82) is 0 Å². The molecule has 0 aliphatic carbocycles. The van der Waals surface area contributed by atoms with Crippen molar-refractivity contribution in [1.82, 2.24) is 10.2 Å². The predicted molar refractivity (Wildman–Crippen MR) is 80.1 cm³/mol. The van der Waals surface area contributed by atoms with E-state index in [0.29, 0.717) is 0 Å². The van der Waals surface area contributed by atoms with Crippen molar-refractivity contribution in [3.63, 3.8) is 0 Å². The molecule has 1 aromatic rings. The molecule has 2 aliphatic heterocycles. The maximum atomic E-state index is 3.75. The first-order chi connectivity index (χ1) is 9.42. The maximum Gasteiger partial charge on any atom is 0.0233 e. The van der Waals surface area contributed by atoms with Crippen molar-refractivity contribution in [2.75, 3.05) is 19.6 Å². The van der Waals surface area contributed by atoms with Gasteiger partial charge < -0.3 is 5.32 Å². The Morgan fingerprint density at radius 2 is 1.95 bits per heavy atom. The van der Waals surface area contributed by atoms with E-state index in [9.17, 15) is 0 Å². The Balaban J connectivity index is 1.55. The van der Waals surface area contributed by atoms with Gasteiger partial charge in [0.2, 0.25) is 0 Å². The summed E-state index contributed by atoms with van der Waals surface area (Å²) in [6.45, 7) is 4.93. The Kier molecular flexibility index (Phi) is 4.52. The van der Waals surface area contributed by atoms with Crippen molar-refractivity contribution in [2.45, 2.75) is 44.7 Å². The van der Waals surface area contributed by atoms with Crippen molar-refractivity contribution in [3.8, 4) is 0 Å². The smallest absolute Gasteiger partial charge is 0.0233 e. The van der Waals surface area contributed by atoms with Crippen molar-refractivity contribution in [3.05, 3.63) is 35.9 Å². The fraction of sp³-hybridized carbons (Fsp3) is 0.647. The van der Waals surface area contributed by atoms with Gasteiger partial charge in [0.05, 0.1) is 0 Å². The number of hydrogen-bond donors (Lipinski definition) is 1. The van der Waals surface area contributed by atoms with E-state index in [-0.39, 0.29) is 0 Å². The maximum absolute atomic E-state index is 3.75. The van der Waals surface area contributed by atoms with Gasteiger partial charge in [0.1, 0.15) is 0 Å². The minimum atomic E-state index is 0.785. The molecule has 19 heavy (non-hydrogen) atoms. The second kappa shape index (κ2) is 6.53. The van der Waals surface area contributed by atoms with Crippen molar-refractivity contribution >= 4 is 0 Å². The first kappa shape index (κ1) is 13.1. The molecule has 2 atom stereocenters.